The zero-order chi connectivity index (χ0) is 15.5. The lowest BCUT2D eigenvalue weighted by molar-refractivity contribution is -0.140. The topological polar surface area (TPSA) is 48.4 Å². The summed E-state index contributed by atoms with van der Waals surface area (Å²) in [5.41, 5.74) is 1.82. The monoisotopic (exact) mass is 295 g/mol. The van der Waals surface area contributed by atoms with Crippen molar-refractivity contribution in [3.8, 4) is 5.75 Å². The van der Waals surface area contributed by atoms with Crippen molar-refractivity contribution in [3.05, 3.63) is 48.2 Å². The van der Waals surface area contributed by atoms with Crippen molar-refractivity contribution in [2.45, 2.75) is 12.8 Å². The van der Waals surface area contributed by atoms with Crippen LogP contribution in [-0.2, 0) is 16.0 Å². The molecule has 0 N–H and O–H groups in total. The summed E-state index contributed by atoms with van der Waals surface area (Å²) in [6.07, 6.45) is 0.856. The van der Waals surface area contributed by atoms with Crippen molar-refractivity contribution < 1.29 is 14.3 Å². The van der Waals surface area contributed by atoms with Crippen LogP contribution in [0.4, 0.5) is 0 Å². The first-order valence-corrected chi connectivity index (χ1v) is 7.15. The molecule has 112 valence electrons. The second-order valence-electron chi connectivity index (χ2n) is 5.06. The van der Waals surface area contributed by atoms with Crippen LogP contribution in [0.5, 0.6) is 5.75 Å². The first kappa shape index (κ1) is 14.3. The first-order valence-electron chi connectivity index (χ1n) is 7.15. The van der Waals surface area contributed by atoms with Gasteiger partial charge in [-0.05, 0) is 29.7 Å². The van der Waals surface area contributed by atoms with Crippen LogP contribution in [-0.4, -0.2) is 25.2 Å². The van der Waals surface area contributed by atoms with Gasteiger partial charge in [0.05, 0.1) is 26.2 Å². The third-order valence-corrected chi connectivity index (χ3v) is 3.78. The lowest BCUT2D eigenvalue weighted by Gasteiger charge is -2.11. The van der Waals surface area contributed by atoms with E-state index in [4.69, 9.17) is 14.5 Å². The quantitative estimate of drug-likeness (QED) is 0.546. The van der Waals surface area contributed by atoms with Gasteiger partial charge in [0.25, 0.3) is 0 Å². The summed E-state index contributed by atoms with van der Waals surface area (Å²) in [6.45, 7) is 0. The molecule has 4 nitrogen and oxygen atoms in total. The Bertz CT molecular complexity index is 842. The van der Waals surface area contributed by atoms with E-state index in [1.165, 1.54) is 7.11 Å². The molecule has 4 heteroatoms. The van der Waals surface area contributed by atoms with Crippen LogP contribution in [0.3, 0.4) is 0 Å². The molecule has 22 heavy (non-hydrogen) atoms. The lowest BCUT2D eigenvalue weighted by Crippen LogP contribution is -2.04. The van der Waals surface area contributed by atoms with Crippen LogP contribution >= 0.6 is 0 Å². The van der Waals surface area contributed by atoms with Crippen molar-refractivity contribution in [1.29, 1.82) is 0 Å². The number of hydrogen-bond donors (Lipinski definition) is 0. The molecule has 0 amide bonds. The molecule has 0 saturated heterocycles. The number of ether oxygens (including phenoxy) is 2. The number of hydrogen-bond acceptors (Lipinski definition) is 4. The molecule has 3 rings (SSSR count). The normalized spacial score (nSPS) is 10.8. The number of nitrogens with zero attached hydrogens (tertiary/aromatic N) is 1. The average molecular weight is 295 g/mol. The van der Waals surface area contributed by atoms with Gasteiger partial charge < -0.3 is 9.47 Å². The van der Waals surface area contributed by atoms with E-state index in [-0.39, 0.29) is 5.97 Å². The molecular weight excluding hydrogens is 278 g/mol. The van der Waals surface area contributed by atoms with Gasteiger partial charge in [0.2, 0.25) is 0 Å². The minimum Gasteiger partial charge on any atom is -0.497 e. The summed E-state index contributed by atoms with van der Waals surface area (Å²) in [5.74, 6) is 0.551. The maximum Gasteiger partial charge on any atom is 0.305 e. The van der Waals surface area contributed by atoms with E-state index in [2.05, 4.69) is 6.07 Å². The molecule has 0 aliphatic carbocycles. The number of pyridine rings is 1. The van der Waals surface area contributed by atoms with Gasteiger partial charge in [-0.1, -0.05) is 18.2 Å². The molecule has 0 bridgehead atoms. The molecular formula is C18H17NO3. The number of rotatable bonds is 4. The van der Waals surface area contributed by atoms with Crippen molar-refractivity contribution in [3.63, 3.8) is 0 Å². The maximum atomic E-state index is 11.4. The van der Waals surface area contributed by atoms with E-state index in [1.807, 2.05) is 36.4 Å². The lowest BCUT2D eigenvalue weighted by atomic mass is 10.0. The molecule has 0 radical (unpaired) electrons. The highest BCUT2D eigenvalue weighted by Crippen LogP contribution is 2.30. The standard InChI is InChI=1S/C18H17NO3/c1-21-12-7-8-13-14-5-3-4-6-16(14)19-17(15(13)11-12)9-10-18(20)22-2/h3-8,11H,9-10H2,1-2H3. The summed E-state index contributed by atoms with van der Waals surface area (Å²) in [7, 11) is 3.04. The maximum absolute atomic E-state index is 11.4. The fourth-order valence-corrected chi connectivity index (χ4v) is 2.64. The molecule has 0 atom stereocenters. The fraction of sp³-hybridized carbons (Fsp3) is 0.222. The Morgan fingerprint density at radius 1 is 1.05 bits per heavy atom. The molecule has 0 unspecified atom stereocenters. The Morgan fingerprint density at radius 3 is 2.64 bits per heavy atom. The number of carbonyl (C=O) groups is 1. The highest BCUT2D eigenvalue weighted by atomic mass is 16.5. The Morgan fingerprint density at radius 2 is 1.86 bits per heavy atom. The van der Waals surface area contributed by atoms with Gasteiger partial charge in [-0.3, -0.25) is 9.78 Å². The Balaban J connectivity index is 2.19. The second kappa shape index (κ2) is 6.02. The molecule has 1 heterocycles. The number of para-hydroxylation sites is 1. The second-order valence-corrected chi connectivity index (χ2v) is 5.06. The van der Waals surface area contributed by atoms with Gasteiger partial charge in [-0.2, -0.15) is 0 Å². The molecule has 3 aromatic rings. The summed E-state index contributed by atoms with van der Waals surface area (Å²) in [5, 5.41) is 3.23. The number of aromatic nitrogens is 1. The molecule has 0 fully saturated rings. The van der Waals surface area contributed by atoms with Crippen molar-refractivity contribution >= 4 is 27.6 Å². The van der Waals surface area contributed by atoms with Gasteiger partial charge in [0.15, 0.2) is 0 Å². The van der Waals surface area contributed by atoms with Gasteiger partial charge in [-0.25, -0.2) is 0 Å². The van der Waals surface area contributed by atoms with E-state index >= 15 is 0 Å². The number of aryl methyl sites for hydroxylation is 1. The van der Waals surface area contributed by atoms with Crippen molar-refractivity contribution in [2.24, 2.45) is 0 Å². The number of carbonyl (C=O) groups excluding carboxylic acids is 1. The first-order chi connectivity index (χ1) is 10.7. The molecule has 1 aromatic heterocycles. The smallest absolute Gasteiger partial charge is 0.305 e. The van der Waals surface area contributed by atoms with E-state index in [0.29, 0.717) is 12.8 Å². The largest absolute Gasteiger partial charge is 0.497 e. The predicted octanol–water partition coefficient (Wildman–Crippen LogP) is 3.50. The van der Waals surface area contributed by atoms with E-state index < -0.39 is 0 Å². The van der Waals surface area contributed by atoms with Crippen LogP contribution in [0.1, 0.15) is 12.1 Å². The van der Waals surface area contributed by atoms with Crippen molar-refractivity contribution in [2.75, 3.05) is 14.2 Å². The Kier molecular flexibility index (Phi) is 3.92. The Hall–Kier alpha value is -2.62. The number of fused-ring (bicyclic) bond motifs is 3. The van der Waals surface area contributed by atoms with Gasteiger partial charge in [0, 0.05) is 22.9 Å². The molecule has 0 aliphatic rings. The van der Waals surface area contributed by atoms with E-state index in [1.54, 1.807) is 7.11 Å². The van der Waals surface area contributed by atoms with Crippen LogP contribution in [0, 0.1) is 0 Å². The van der Waals surface area contributed by atoms with E-state index in [9.17, 15) is 4.79 Å². The predicted molar refractivity (Wildman–Crippen MR) is 86.1 cm³/mol. The van der Waals surface area contributed by atoms with Crippen LogP contribution in [0.25, 0.3) is 21.7 Å². The third kappa shape index (κ3) is 2.60. The van der Waals surface area contributed by atoms with Crippen LogP contribution < -0.4 is 4.74 Å². The van der Waals surface area contributed by atoms with Gasteiger partial charge in [0.1, 0.15) is 5.75 Å². The fourth-order valence-electron chi connectivity index (χ4n) is 2.64. The summed E-state index contributed by atoms with van der Waals surface area (Å²) < 4.78 is 10.0. The minimum atomic E-state index is -0.231. The van der Waals surface area contributed by atoms with Crippen molar-refractivity contribution in [1.82, 2.24) is 4.98 Å². The molecule has 2 aromatic carbocycles. The number of methoxy groups -OCH3 is 2. The number of benzene rings is 2. The molecule has 0 saturated carbocycles. The molecule has 0 spiro atoms. The number of esters is 1. The van der Waals surface area contributed by atoms with Gasteiger partial charge in [-0.15, -0.1) is 0 Å². The zero-order valence-electron chi connectivity index (χ0n) is 12.6. The van der Waals surface area contributed by atoms with Gasteiger partial charge >= 0.3 is 5.97 Å². The SMILES string of the molecule is COC(=O)CCc1nc2ccccc2c2ccc(OC)cc12. The Labute approximate surface area is 128 Å². The summed E-state index contributed by atoms with van der Waals surface area (Å²) in [6, 6.07) is 14.0. The summed E-state index contributed by atoms with van der Waals surface area (Å²) in [4.78, 5) is 16.2. The highest BCUT2D eigenvalue weighted by molar-refractivity contribution is 6.07. The highest BCUT2D eigenvalue weighted by Gasteiger charge is 2.11. The third-order valence-electron chi connectivity index (χ3n) is 3.78. The van der Waals surface area contributed by atoms with Crippen LogP contribution in [0.15, 0.2) is 42.5 Å². The summed E-state index contributed by atoms with van der Waals surface area (Å²) >= 11 is 0. The molecule has 0 aliphatic heterocycles. The van der Waals surface area contributed by atoms with Crippen LogP contribution in [0.2, 0.25) is 0 Å². The zero-order valence-corrected chi connectivity index (χ0v) is 12.6. The minimum absolute atomic E-state index is 0.231. The van der Waals surface area contributed by atoms with E-state index in [0.717, 1.165) is 33.1 Å². The average Bonchev–Trinajstić information content (AvgIpc) is 2.58.